The van der Waals surface area contributed by atoms with Gasteiger partial charge in [0, 0.05) is 18.5 Å². The second kappa shape index (κ2) is 7.66. The number of hydrogen-bond donors (Lipinski definition) is 1. The molecule has 0 aromatic heterocycles. The summed E-state index contributed by atoms with van der Waals surface area (Å²) in [4.78, 5) is 2.40. The molecule has 124 valence electrons. The van der Waals surface area contributed by atoms with Crippen LogP contribution in [0.2, 0.25) is 0 Å². The summed E-state index contributed by atoms with van der Waals surface area (Å²) >= 11 is 0. The summed E-state index contributed by atoms with van der Waals surface area (Å²) in [6.07, 6.45) is 5.63. The normalized spacial score (nSPS) is 25.0. The Balaban J connectivity index is 1.66. The molecule has 0 radical (unpaired) electrons. The Kier molecular flexibility index (Phi) is 5.36. The molecule has 0 bridgehead atoms. The molecule has 0 saturated carbocycles. The highest BCUT2D eigenvalue weighted by atomic mass is 16.5. The molecule has 23 heavy (non-hydrogen) atoms. The average Bonchev–Trinajstić information content (AvgIpc) is 3.10. The zero-order valence-corrected chi connectivity index (χ0v) is 13.6. The minimum atomic E-state index is -0.671. The lowest BCUT2D eigenvalue weighted by atomic mass is 9.88. The van der Waals surface area contributed by atoms with E-state index in [1.807, 2.05) is 36.4 Å². The third kappa shape index (κ3) is 3.95. The maximum absolute atomic E-state index is 10.7. The zero-order valence-electron chi connectivity index (χ0n) is 13.6. The van der Waals surface area contributed by atoms with Gasteiger partial charge in [0.1, 0.15) is 24.2 Å². The van der Waals surface area contributed by atoms with Crippen molar-refractivity contribution in [2.24, 2.45) is 0 Å². The van der Waals surface area contributed by atoms with Crippen molar-refractivity contribution >= 4 is 0 Å². The van der Waals surface area contributed by atoms with Gasteiger partial charge in [-0.15, -0.1) is 0 Å². The van der Waals surface area contributed by atoms with Crippen LogP contribution in [-0.2, 0) is 9.47 Å². The Morgan fingerprint density at radius 1 is 1.17 bits per heavy atom. The molecule has 2 aliphatic rings. The molecule has 1 fully saturated rings. The van der Waals surface area contributed by atoms with Crippen molar-refractivity contribution in [1.82, 2.24) is 4.90 Å². The van der Waals surface area contributed by atoms with Crippen LogP contribution in [0.25, 0.3) is 0 Å². The van der Waals surface area contributed by atoms with Gasteiger partial charge in [-0.05, 0) is 37.6 Å². The second-order valence-electron chi connectivity index (χ2n) is 6.10. The van der Waals surface area contributed by atoms with Crippen LogP contribution in [0.5, 0.6) is 0 Å². The monoisotopic (exact) mass is 315 g/mol. The van der Waals surface area contributed by atoms with E-state index in [4.69, 9.17) is 9.47 Å². The Bertz CT molecular complexity index is 561. The van der Waals surface area contributed by atoms with E-state index in [9.17, 15) is 5.11 Å². The smallest absolute Gasteiger partial charge is 0.129 e. The number of allylic oxidation sites excluding steroid dienone is 1. The molecule has 1 N–H and O–H groups in total. The van der Waals surface area contributed by atoms with Crippen molar-refractivity contribution in [3.05, 3.63) is 59.6 Å². The van der Waals surface area contributed by atoms with Crippen LogP contribution in [0.4, 0.5) is 0 Å². The largest absolute Gasteiger partial charge is 0.497 e. The minimum Gasteiger partial charge on any atom is -0.497 e. The number of methoxy groups -OCH3 is 1. The summed E-state index contributed by atoms with van der Waals surface area (Å²) in [6, 6.07) is 9.97. The van der Waals surface area contributed by atoms with Gasteiger partial charge in [-0.1, -0.05) is 30.3 Å². The standard InChI is InChI=1S/C19H25NO3/c1-22-16-13-17(15-7-3-2-4-8-15)19(21)18(14-16)23-12-11-20-9-5-6-10-20/h2-4,7-8,13-14,17,19,21H,5-6,9-12H2,1H3. The van der Waals surface area contributed by atoms with Gasteiger partial charge >= 0.3 is 0 Å². The van der Waals surface area contributed by atoms with Crippen molar-refractivity contribution in [3.8, 4) is 0 Å². The van der Waals surface area contributed by atoms with E-state index in [0.717, 1.165) is 31.0 Å². The molecule has 1 aromatic carbocycles. The van der Waals surface area contributed by atoms with Gasteiger partial charge in [0.05, 0.1) is 7.11 Å². The van der Waals surface area contributed by atoms with Crippen LogP contribution in [0.3, 0.4) is 0 Å². The fourth-order valence-electron chi connectivity index (χ4n) is 3.23. The Morgan fingerprint density at radius 3 is 2.61 bits per heavy atom. The number of benzene rings is 1. The minimum absolute atomic E-state index is 0.141. The van der Waals surface area contributed by atoms with Crippen molar-refractivity contribution in [2.45, 2.75) is 24.9 Å². The molecule has 3 rings (SSSR count). The molecule has 4 heteroatoms. The number of aliphatic hydroxyl groups excluding tert-OH is 1. The SMILES string of the molecule is COC1=CC(c2ccccc2)C(O)C(OCCN2CCCC2)=C1. The van der Waals surface area contributed by atoms with E-state index >= 15 is 0 Å². The van der Waals surface area contributed by atoms with Gasteiger partial charge in [-0.2, -0.15) is 0 Å². The quantitative estimate of drug-likeness (QED) is 0.876. The summed E-state index contributed by atoms with van der Waals surface area (Å²) in [7, 11) is 1.64. The van der Waals surface area contributed by atoms with Gasteiger partial charge in [0.25, 0.3) is 0 Å². The molecule has 1 aliphatic carbocycles. The lowest BCUT2D eigenvalue weighted by Gasteiger charge is -2.28. The summed E-state index contributed by atoms with van der Waals surface area (Å²) in [5.41, 5.74) is 1.06. The molecule has 1 aromatic rings. The Labute approximate surface area is 138 Å². The number of rotatable bonds is 6. The third-order valence-corrected chi connectivity index (χ3v) is 4.56. The lowest BCUT2D eigenvalue weighted by Crippen LogP contribution is -2.28. The van der Waals surface area contributed by atoms with Crippen LogP contribution in [0.15, 0.2) is 54.0 Å². The summed E-state index contributed by atoms with van der Waals surface area (Å²) < 4.78 is 11.3. The first-order valence-corrected chi connectivity index (χ1v) is 8.33. The Hall–Kier alpha value is -1.78. The number of hydrogen-bond acceptors (Lipinski definition) is 4. The first kappa shape index (κ1) is 16.1. The molecule has 2 unspecified atom stereocenters. The number of likely N-dealkylation sites (tertiary alicyclic amines) is 1. The van der Waals surface area contributed by atoms with Crippen LogP contribution in [-0.4, -0.2) is 49.5 Å². The number of ether oxygens (including phenoxy) is 2. The van der Waals surface area contributed by atoms with E-state index in [-0.39, 0.29) is 5.92 Å². The van der Waals surface area contributed by atoms with Gasteiger partial charge in [0.2, 0.25) is 0 Å². The van der Waals surface area contributed by atoms with Crippen molar-refractivity contribution < 1.29 is 14.6 Å². The fraction of sp³-hybridized carbons (Fsp3) is 0.474. The van der Waals surface area contributed by atoms with Crippen LogP contribution in [0.1, 0.15) is 24.3 Å². The molecule has 4 nitrogen and oxygen atoms in total. The summed E-state index contributed by atoms with van der Waals surface area (Å²) in [5.74, 6) is 1.19. The van der Waals surface area contributed by atoms with Crippen molar-refractivity contribution in [1.29, 1.82) is 0 Å². The summed E-state index contributed by atoms with van der Waals surface area (Å²) in [5, 5.41) is 10.7. The Morgan fingerprint density at radius 2 is 1.91 bits per heavy atom. The lowest BCUT2D eigenvalue weighted by molar-refractivity contribution is 0.0780. The van der Waals surface area contributed by atoms with Crippen LogP contribution >= 0.6 is 0 Å². The molecule has 1 aliphatic heterocycles. The predicted octanol–water partition coefficient (Wildman–Crippen LogP) is 2.67. The van der Waals surface area contributed by atoms with Gasteiger partial charge in [-0.3, -0.25) is 4.90 Å². The summed E-state index contributed by atoms with van der Waals surface area (Å²) in [6.45, 7) is 3.81. The molecule has 0 spiro atoms. The molecule has 0 amide bonds. The highest BCUT2D eigenvalue weighted by Crippen LogP contribution is 2.32. The number of aliphatic hydroxyl groups is 1. The maximum Gasteiger partial charge on any atom is 0.129 e. The second-order valence-corrected chi connectivity index (χ2v) is 6.10. The van der Waals surface area contributed by atoms with Crippen molar-refractivity contribution in [3.63, 3.8) is 0 Å². The van der Waals surface area contributed by atoms with Crippen molar-refractivity contribution in [2.75, 3.05) is 33.4 Å². The highest BCUT2D eigenvalue weighted by molar-refractivity contribution is 5.36. The topological polar surface area (TPSA) is 41.9 Å². The molecular weight excluding hydrogens is 290 g/mol. The zero-order chi connectivity index (χ0) is 16.1. The fourth-order valence-corrected chi connectivity index (χ4v) is 3.23. The third-order valence-electron chi connectivity index (χ3n) is 4.56. The van der Waals surface area contributed by atoms with E-state index in [2.05, 4.69) is 4.90 Å². The maximum atomic E-state index is 10.7. The predicted molar refractivity (Wildman–Crippen MR) is 90.0 cm³/mol. The van der Waals surface area contributed by atoms with E-state index in [0.29, 0.717) is 12.4 Å². The highest BCUT2D eigenvalue weighted by Gasteiger charge is 2.29. The molecule has 1 saturated heterocycles. The van der Waals surface area contributed by atoms with E-state index < -0.39 is 6.10 Å². The molecular formula is C19H25NO3. The number of nitrogens with zero attached hydrogens (tertiary/aromatic N) is 1. The first-order chi connectivity index (χ1) is 11.3. The van der Waals surface area contributed by atoms with E-state index in [1.54, 1.807) is 13.2 Å². The van der Waals surface area contributed by atoms with Crippen LogP contribution < -0.4 is 0 Å². The molecule has 2 atom stereocenters. The first-order valence-electron chi connectivity index (χ1n) is 8.33. The van der Waals surface area contributed by atoms with Gasteiger partial charge in [-0.25, -0.2) is 0 Å². The van der Waals surface area contributed by atoms with Crippen LogP contribution in [0, 0.1) is 0 Å². The van der Waals surface area contributed by atoms with Gasteiger partial charge < -0.3 is 14.6 Å². The van der Waals surface area contributed by atoms with E-state index in [1.165, 1.54) is 12.8 Å². The van der Waals surface area contributed by atoms with Gasteiger partial charge in [0.15, 0.2) is 0 Å². The average molecular weight is 315 g/mol. The molecule has 1 heterocycles.